The molecule has 0 bridgehead atoms. The summed E-state index contributed by atoms with van der Waals surface area (Å²) in [6, 6.07) is -0.281. The Labute approximate surface area is 113 Å². The highest BCUT2D eigenvalue weighted by Gasteiger charge is 2.25. The van der Waals surface area contributed by atoms with Crippen LogP contribution in [0.4, 0.5) is 0 Å². The molecule has 0 spiro atoms. The van der Waals surface area contributed by atoms with E-state index >= 15 is 0 Å². The third-order valence-corrected chi connectivity index (χ3v) is 4.53. The third kappa shape index (κ3) is 7.12. The van der Waals surface area contributed by atoms with Crippen LogP contribution in [0.15, 0.2) is 0 Å². The van der Waals surface area contributed by atoms with Gasteiger partial charge in [0.05, 0.1) is 19.3 Å². The molecule has 0 atom stereocenters. The minimum absolute atomic E-state index is 0.0876. The van der Waals surface area contributed by atoms with Crippen molar-refractivity contribution in [1.29, 1.82) is 0 Å². The van der Waals surface area contributed by atoms with Crippen molar-refractivity contribution < 1.29 is 27.9 Å². The lowest BCUT2D eigenvalue weighted by molar-refractivity contribution is -0.140. The Hall–Kier alpha value is -1.15. The number of methoxy groups -OCH3 is 1. The largest absolute Gasteiger partial charge is 0.481 e. The zero-order valence-electron chi connectivity index (χ0n) is 11.5. The van der Waals surface area contributed by atoms with Gasteiger partial charge in [0.1, 0.15) is 0 Å². The van der Waals surface area contributed by atoms with E-state index in [-0.39, 0.29) is 37.6 Å². The minimum atomic E-state index is -3.59. The van der Waals surface area contributed by atoms with E-state index in [1.807, 2.05) is 0 Å². The molecule has 0 saturated carbocycles. The monoisotopic (exact) mass is 295 g/mol. The molecule has 0 aromatic rings. The lowest BCUT2D eigenvalue weighted by Crippen LogP contribution is -2.39. The maximum atomic E-state index is 12.0. The molecule has 0 amide bonds. The first-order valence-corrected chi connectivity index (χ1v) is 7.59. The van der Waals surface area contributed by atoms with E-state index in [1.165, 1.54) is 11.4 Å². The highest BCUT2D eigenvalue weighted by molar-refractivity contribution is 7.89. The van der Waals surface area contributed by atoms with Crippen LogP contribution >= 0.6 is 0 Å². The van der Waals surface area contributed by atoms with Gasteiger partial charge >= 0.3 is 11.9 Å². The van der Waals surface area contributed by atoms with Crippen LogP contribution in [0.3, 0.4) is 0 Å². The summed E-state index contributed by atoms with van der Waals surface area (Å²) in [5, 5.41) is 8.55. The summed E-state index contributed by atoms with van der Waals surface area (Å²) in [4.78, 5) is 21.4. The van der Waals surface area contributed by atoms with Gasteiger partial charge < -0.3 is 9.84 Å². The van der Waals surface area contributed by atoms with Gasteiger partial charge in [0, 0.05) is 19.0 Å². The maximum absolute atomic E-state index is 12.0. The van der Waals surface area contributed by atoms with Crippen molar-refractivity contribution in [3.8, 4) is 0 Å². The van der Waals surface area contributed by atoms with Gasteiger partial charge in [-0.1, -0.05) is 0 Å². The Bertz CT molecular complexity index is 403. The van der Waals surface area contributed by atoms with Crippen molar-refractivity contribution in [2.75, 3.05) is 19.4 Å². The van der Waals surface area contributed by atoms with E-state index in [1.54, 1.807) is 13.8 Å². The summed E-state index contributed by atoms with van der Waals surface area (Å²) in [5.41, 5.74) is 0. The molecule has 19 heavy (non-hydrogen) atoms. The van der Waals surface area contributed by atoms with Crippen LogP contribution in [0.1, 0.15) is 33.1 Å². The molecule has 0 aliphatic heterocycles. The smallest absolute Gasteiger partial charge is 0.306 e. The van der Waals surface area contributed by atoms with Crippen molar-refractivity contribution in [2.24, 2.45) is 0 Å². The third-order valence-electron chi connectivity index (χ3n) is 2.49. The summed E-state index contributed by atoms with van der Waals surface area (Å²) in [5.74, 6) is -1.88. The Morgan fingerprint density at radius 2 is 1.84 bits per heavy atom. The number of rotatable bonds is 9. The van der Waals surface area contributed by atoms with Crippen molar-refractivity contribution in [3.05, 3.63) is 0 Å². The second kappa shape index (κ2) is 8.11. The molecule has 0 heterocycles. The molecule has 0 unspecified atom stereocenters. The summed E-state index contributed by atoms with van der Waals surface area (Å²) in [6.45, 7) is 3.54. The van der Waals surface area contributed by atoms with Crippen molar-refractivity contribution in [2.45, 2.75) is 39.2 Å². The van der Waals surface area contributed by atoms with E-state index in [2.05, 4.69) is 4.74 Å². The first kappa shape index (κ1) is 17.8. The summed E-state index contributed by atoms with van der Waals surface area (Å²) < 4.78 is 29.7. The fourth-order valence-corrected chi connectivity index (χ4v) is 3.25. The van der Waals surface area contributed by atoms with Gasteiger partial charge in [0.15, 0.2) is 0 Å². The number of aliphatic carboxylic acids is 1. The van der Waals surface area contributed by atoms with Crippen LogP contribution in [0.5, 0.6) is 0 Å². The van der Waals surface area contributed by atoms with Gasteiger partial charge in [-0.25, -0.2) is 8.42 Å². The van der Waals surface area contributed by atoms with Gasteiger partial charge in [0.25, 0.3) is 0 Å². The molecule has 8 heteroatoms. The first-order chi connectivity index (χ1) is 8.70. The Morgan fingerprint density at radius 1 is 1.26 bits per heavy atom. The Balaban J connectivity index is 4.58. The highest BCUT2D eigenvalue weighted by Crippen LogP contribution is 2.11. The molecule has 0 saturated heterocycles. The average Bonchev–Trinajstić information content (AvgIpc) is 2.30. The topological polar surface area (TPSA) is 101 Å². The van der Waals surface area contributed by atoms with E-state index in [9.17, 15) is 18.0 Å². The fourth-order valence-electron chi connectivity index (χ4n) is 1.54. The lowest BCUT2D eigenvalue weighted by atomic mass is 10.3. The molecule has 0 rings (SSSR count). The highest BCUT2D eigenvalue weighted by atomic mass is 32.2. The minimum Gasteiger partial charge on any atom is -0.481 e. The number of carboxylic acid groups (broad SMARTS) is 1. The summed E-state index contributed by atoms with van der Waals surface area (Å²) >= 11 is 0. The number of hydrogen-bond donors (Lipinski definition) is 1. The standard InChI is InChI=1S/C11H21NO6S/c1-9(2)12(7-4-5-10(13)14)19(16,17)8-6-11(15)18-3/h9H,4-8H2,1-3H3,(H,13,14). The van der Waals surface area contributed by atoms with E-state index in [0.717, 1.165) is 0 Å². The number of ether oxygens (including phenoxy) is 1. The Kier molecular flexibility index (Phi) is 7.62. The van der Waals surface area contributed by atoms with E-state index in [4.69, 9.17) is 5.11 Å². The zero-order valence-corrected chi connectivity index (χ0v) is 12.3. The van der Waals surface area contributed by atoms with Crippen LogP contribution in [0.2, 0.25) is 0 Å². The predicted molar refractivity (Wildman–Crippen MR) is 69.1 cm³/mol. The Morgan fingerprint density at radius 3 is 2.26 bits per heavy atom. The molecule has 112 valence electrons. The van der Waals surface area contributed by atoms with Crippen LogP contribution < -0.4 is 0 Å². The second-order valence-corrected chi connectivity index (χ2v) is 6.38. The maximum Gasteiger partial charge on any atom is 0.306 e. The zero-order chi connectivity index (χ0) is 15.1. The van der Waals surface area contributed by atoms with Gasteiger partial charge in [-0.15, -0.1) is 0 Å². The number of esters is 1. The lowest BCUT2D eigenvalue weighted by Gasteiger charge is -2.25. The quantitative estimate of drug-likeness (QED) is 0.620. The molecule has 0 aliphatic rings. The van der Waals surface area contributed by atoms with Gasteiger partial charge in [-0.05, 0) is 20.3 Å². The van der Waals surface area contributed by atoms with Crippen molar-refractivity contribution in [1.82, 2.24) is 4.31 Å². The number of hydrogen-bond acceptors (Lipinski definition) is 5. The van der Waals surface area contributed by atoms with Crippen LogP contribution in [0, 0.1) is 0 Å². The SMILES string of the molecule is COC(=O)CCS(=O)(=O)N(CCCC(=O)O)C(C)C. The molecule has 0 aromatic carbocycles. The molecule has 0 aliphatic carbocycles. The van der Waals surface area contributed by atoms with E-state index < -0.39 is 22.0 Å². The van der Waals surface area contributed by atoms with Crippen LogP contribution in [-0.2, 0) is 24.3 Å². The first-order valence-electron chi connectivity index (χ1n) is 5.99. The number of nitrogens with zero attached hydrogens (tertiary/aromatic N) is 1. The molecular weight excluding hydrogens is 274 g/mol. The molecular formula is C11H21NO6S. The number of carbonyl (C=O) groups is 2. The fraction of sp³-hybridized carbons (Fsp3) is 0.818. The average molecular weight is 295 g/mol. The van der Waals surface area contributed by atoms with Gasteiger partial charge in [-0.3, -0.25) is 9.59 Å². The van der Waals surface area contributed by atoms with Crippen molar-refractivity contribution in [3.63, 3.8) is 0 Å². The van der Waals surface area contributed by atoms with Gasteiger partial charge in [-0.2, -0.15) is 4.31 Å². The van der Waals surface area contributed by atoms with E-state index in [0.29, 0.717) is 0 Å². The summed E-state index contributed by atoms with van der Waals surface area (Å²) in [7, 11) is -2.39. The van der Waals surface area contributed by atoms with Gasteiger partial charge in [0.2, 0.25) is 10.0 Å². The van der Waals surface area contributed by atoms with Crippen molar-refractivity contribution >= 4 is 22.0 Å². The van der Waals surface area contributed by atoms with Crippen LogP contribution in [0.25, 0.3) is 0 Å². The molecule has 0 radical (unpaired) electrons. The van der Waals surface area contributed by atoms with Crippen LogP contribution in [-0.4, -0.2) is 55.2 Å². The summed E-state index contributed by atoms with van der Waals surface area (Å²) in [6.07, 6.45) is -0.0539. The molecule has 1 N–H and O–H groups in total. The number of carbonyl (C=O) groups excluding carboxylic acids is 1. The normalized spacial score (nSPS) is 11.8. The predicted octanol–water partition coefficient (Wildman–Crippen LogP) is 0.455. The number of carboxylic acids is 1. The molecule has 7 nitrogen and oxygen atoms in total. The molecule has 0 aromatic heterocycles. The second-order valence-electron chi connectivity index (χ2n) is 4.34. The number of sulfonamides is 1. The molecule has 0 fully saturated rings.